The molecule has 5 atom stereocenters. The summed E-state index contributed by atoms with van der Waals surface area (Å²) >= 11 is 0. The molecule has 17 nitrogen and oxygen atoms in total. The highest BCUT2D eigenvalue weighted by atomic mass is 31.2. The predicted octanol–water partition coefficient (Wildman–Crippen LogP) is 25.2. The van der Waals surface area contributed by atoms with Crippen LogP contribution in [0.2, 0.25) is 0 Å². The van der Waals surface area contributed by atoms with E-state index in [9.17, 15) is 43.2 Å². The molecule has 630 valence electrons. The van der Waals surface area contributed by atoms with Gasteiger partial charge < -0.3 is 33.8 Å². The Hall–Kier alpha value is -6.62. The lowest BCUT2D eigenvalue weighted by molar-refractivity contribution is -0.161. The van der Waals surface area contributed by atoms with E-state index < -0.39 is 97.5 Å². The van der Waals surface area contributed by atoms with Crippen LogP contribution in [0.3, 0.4) is 0 Å². The van der Waals surface area contributed by atoms with Gasteiger partial charge in [0.25, 0.3) is 0 Å². The van der Waals surface area contributed by atoms with Crippen LogP contribution in [0.1, 0.15) is 285 Å². The number of aliphatic hydroxyl groups is 1. The van der Waals surface area contributed by atoms with E-state index in [1.165, 1.54) is 38.5 Å². The minimum absolute atomic E-state index is 0.0192. The smallest absolute Gasteiger partial charge is 0.462 e. The normalized spacial score (nSPS) is 14.9. The van der Waals surface area contributed by atoms with Crippen molar-refractivity contribution in [1.29, 1.82) is 0 Å². The second-order valence-electron chi connectivity index (χ2n) is 26.9. The number of rotatable bonds is 76. The Balaban J connectivity index is 5.58. The molecule has 0 aromatic heterocycles. The molecular weight excluding hydrogens is 1450 g/mol. The van der Waals surface area contributed by atoms with Gasteiger partial charge in [0.2, 0.25) is 0 Å². The largest absolute Gasteiger partial charge is 0.472 e. The molecule has 0 bridgehead atoms. The van der Waals surface area contributed by atoms with Crippen LogP contribution in [-0.2, 0) is 65.4 Å². The van der Waals surface area contributed by atoms with Gasteiger partial charge in [-0.2, -0.15) is 0 Å². The second-order valence-corrected chi connectivity index (χ2v) is 29.8. The molecule has 0 saturated heterocycles. The third kappa shape index (κ3) is 81.4. The van der Waals surface area contributed by atoms with Gasteiger partial charge in [0.1, 0.15) is 19.3 Å². The lowest BCUT2D eigenvalue weighted by atomic mass is 10.1. The van der Waals surface area contributed by atoms with Crippen LogP contribution in [0.4, 0.5) is 0 Å². The Labute approximate surface area is 677 Å². The number of ether oxygens (including phenoxy) is 4. The van der Waals surface area contributed by atoms with E-state index in [4.69, 9.17) is 37.0 Å². The molecule has 0 aromatic carbocycles. The molecule has 3 N–H and O–H groups in total. The van der Waals surface area contributed by atoms with E-state index in [1.807, 2.05) is 36.5 Å². The molecule has 0 saturated carbocycles. The van der Waals surface area contributed by atoms with Crippen molar-refractivity contribution in [2.24, 2.45) is 0 Å². The van der Waals surface area contributed by atoms with Crippen molar-refractivity contribution in [2.75, 3.05) is 39.6 Å². The zero-order valence-corrected chi connectivity index (χ0v) is 70.8. The first-order valence-corrected chi connectivity index (χ1v) is 45.0. The Morgan fingerprint density at radius 1 is 0.259 bits per heavy atom. The number of aliphatic hydroxyl groups excluding tert-OH is 1. The summed E-state index contributed by atoms with van der Waals surface area (Å²) in [5, 5.41) is 10.7. The number of phosphoric ester groups is 2. The number of esters is 4. The summed E-state index contributed by atoms with van der Waals surface area (Å²) in [4.78, 5) is 73.2. The summed E-state index contributed by atoms with van der Waals surface area (Å²) in [6, 6.07) is 0. The van der Waals surface area contributed by atoms with Gasteiger partial charge in [0.15, 0.2) is 12.2 Å². The minimum atomic E-state index is -5.03. The van der Waals surface area contributed by atoms with Crippen LogP contribution < -0.4 is 0 Å². The number of allylic oxidation sites excluding steroid dienone is 36. The van der Waals surface area contributed by atoms with Gasteiger partial charge in [-0.15, -0.1) is 0 Å². The fourth-order valence-corrected chi connectivity index (χ4v) is 11.7. The molecule has 0 aliphatic heterocycles. The van der Waals surface area contributed by atoms with E-state index >= 15 is 0 Å². The summed E-state index contributed by atoms with van der Waals surface area (Å²) in [6.07, 6.45) is 105. The van der Waals surface area contributed by atoms with E-state index in [-0.39, 0.29) is 25.7 Å². The lowest BCUT2D eigenvalue weighted by Gasteiger charge is -2.21. The summed E-state index contributed by atoms with van der Waals surface area (Å²) in [7, 11) is -10.0. The third-order valence-corrected chi connectivity index (χ3v) is 18.3. The minimum Gasteiger partial charge on any atom is -0.462 e. The summed E-state index contributed by atoms with van der Waals surface area (Å²) in [5.41, 5.74) is 0. The Kier molecular flexibility index (Phi) is 77.5. The summed E-state index contributed by atoms with van der Waals surface area (Å²) in [6.45, 7) is 4.34. The van der Waals surface area contributed by atoms with Crippen LogP contribution in [0.15, 0.2) is 219 Å². The highest BCUT2D eigenvalue weighted by Crippen LogP contribution is 2.45. The molecule has 0 heterocycles. The van der Waals surface area contributed by atoms with Crippen molar-refractivity contribution in [2.45, 2.75) is 303 Å². The first-order chi connectivity index (χ1) is 54.7. The van der Waals surface area contributed by atoms with Crippen LogP contribution in [-0.4, -0.2) is 96.7 Å². The topological polar surface area (TPSA) is 237 Å². The maximum atomic E-state index is 13.1. The highest BCUT2D eigenvalue weighted by molar-refractivity contribution is 7.47. The van der Waals surface area contributed by atoms with Crippen molar-refractivity contribution in [3.63, 3.8) is 0 Å². The lowest BCUT2D eigenvalue weighted by Crippen LogP contribution is -2.30. The fourth-order valence-electron chi connectivity index (χ4n) is 10.1. The monoisotopic (exact) mass is 1600 g/mol. The molecular formula is C93H146O17P2. The van der Waals surface area contributed by atoms with Crippen molar-refractivity contribution >= 4 is 39.5 Å². The van der Waals surface area contributed by atoms with Crippen molar-refractivity contribution in [1.82, 2.24) is 0 Å². The molecule has 19 heteroatoms. The maximum absolute atomic E-state index is 13.1. The number of unbranched alkanes of at least 4 members (excludes halogenated alkanes) is 14. The summed E-state index contributed by atoms with van der Waals surface area (Å²) < 4.78 is 68.6. The molecule has 0 aliphatic rings. The van der Waals surface area contributed by atoms with E-state index in [0.717, 1.165) is 154 Å². The average molecular weight is 1600 g/mol. The van der Waals surface area contributed by atoms with Crippen LogP contribution in [0.5, 0.6) is 0 Å². The van der Waals surface area contributed by atoms with Gasteiger partial charge in [-0.1, -0.05) is 298 Å². The van der Waals surface area contributed by atoms with E-state index in [1.54, 1.807) is 0 Å². The van der Waals surface area contributed by atoms with Crippen LogP contribution >= 0.6 is 15.6 Å². The van der Waals surface area contributed by atoms with Gasteiger partial charge in [0, 0.05) is 25.7 Å². The Bertz CT molecular complexity index is 2990. The Morgan fingerprint density at radius 3 is 0.759 bits per heavy atom. The first kappa shape index (κ1) is 105. The summed E-state index contributed by atoms with van der Waals surface area (Å²) in [5.74, 6) is -2.45. The molecule has 0 amide bonds. The van der Waals surface area contributed by atoms with E-state index in [2.05, 4.69) is 210 Å². The highest BCUT2D eigenvalue weighted by Gasteiger charge is 2.30. The van der Waals surface area contributed by atoms with Crippen LogP contribution in [0, 0.1) is 0 Å². The maximum Gasteiger partial charge on any atom is 0.472 e. The zero-order chi connectivity index (χ0) is 81.7. The van der Waals surface area contributed by atoms with Gasteiger partial charge in [-0.3, -0.25) is 37.3 Å². The number of carbonyl (C=O) groups excluding carboxylic acids is 4. The molecule has 0 fully saturated rings. The third-order valence-electron chi connectivity index (χ3n) is 16.4. The quantitative estimate of drug-likeness (QED) is 0.0169. The standard InChI is InChI=1S/C93H146O17P2/c1-5-9-13-17-21-25-29-33-37-40-43-46-50-53-57-61-65-69-73-77-90(95)103-83-88(109-92(97)79-75-71-67-63-59-55-49-36-32-28-24-20-16-12-8-4)85-107-111(99,100)105-81-87(94)82-106-112(101,102)108-86-89(110-93(98)80-76-72-68-64-60-56-52-48-45-42-39-35-31-27-23-19-15-11-7-3)84-104-91(96)78-74-70-66-62-58-54-51-47-44-41-38-34-30-26-22-18-14-10-6-2/h9,11,13,15,21-28,33-39,43-49,53-54,56-58,60,65-66,69-70,87-89,94H,5-8,10,12,14,16-20,29-32,40-42,50-52,55,59,61-64,67-68,71-86H2,1-4H3,(H,99,100)(H,101,102)/b13-9-,15-11-,25-21-,26-22-,27-23-,28-24-,37-33-,38-34-,39-35-,46-43-,47-44-,48-45-,49-36-,57-53-,58-54-,60-56-,69-65-,70-66-/t87-,88-,89-/m1/s1. The Morgan fingerprint density at radius 2 is 0.482 bits per heavy atom. The zero-order valence-electron chi connectivity index (χ0n) is 69.0. The predicted molar refractivity (Wildman–Crippen MR) is 463 cm³/mol. The SMILES string of the molecule is CC/C=C\C/C=C\C/C=C\C/C=C\C/C=C\C/C=C\CCC(=O)OC[C@H](COP(=O)(O)OC[C@@H](O)COP(=O)(O)OC[C@@H](COC(=O)CC/C=C\C/C=C\C/C=C\C/C=C\C/C=C\CCCCC)OC(=O)CCCCC/C=C\C/C=C\C/C=C\C/C=C\C/C=C\CC)OC(=O)CCCCCCC/C=C\C/C=C\CCCCC. The van der Waals surface area contributed by atoms with Gasteiger partial charge in [0.05, 0.1) is 26.4 Å². The van der Waals surface area contributed by atoms with Crippen molar-refractivity contribution in [3.8, 4) is 0 Å². The second kappa shape index (κ2) is 82.4. The van der Waals surface area contributed by atoms with E-state index in [0.29, 0.717) is 38.5 Å². The van der Waals surface area contributed by atoms with Crippen LogP contribution in [0.25, 0.3) is 0 Å². The molecule has 0 rings (SSSR count). The number of phosphoric acid groups is 2. The van der Waals surface area contributed by atoms with Crippen molar-refractivity contribution < 1.29 is 80.2 Å². The molecule has 2 unspecified atom stereocenters. The average Bonchev–Trinajstić information content (AvgIpc) is 0.898. The molecule has 0 spiro atoms. The first-order valence-electron chi connectivity index (χ1n) is 42.0. The molecule has 112 heavy (non-hydrogen) atoms. The van der Waals surface area contributed by atoms with Crippen molar-refractivity contribution in [3.05, 3.63) is 219 Å². The molecule has 0 aromatic rings. The number of hydrogen-bond acceptors (Lipinski definition) is 15. The fraction of sp³-hybridized carbons (Fsp3) is 0.570. The van der Waals surface area contributed by atoms with Gasteiger partial charge in [-0.05, 0) is 180 Å². The van der Waals surface area contributed by atoms with Gasteiger partial charge >= 0.3 is 39.5 Å². The molecule has 0 radical (unpaired) electrons. The number of hydrogen-bond donors (Lipinski definition) is 3. The van der Waals surface area contributed by atoms with Gasteiger partial charge in [-0.25, -0.2) is 9.13 Å². The number of carbonyl (C=O) groups is 4. The molecule has 0 aliphatic carbocycles.